The SMILES string of the molecule is CCC(C)Oc1ccc(C(C)O)cc1C. The monoisotopic (exact) mass is 208 g/mol. The van der Waals surface area contributed by atoms with E-state index >= 15 is 0 Å². The highest BCUT2D eigenvalue weighted by Gasteiger charge is 2.07. The molecule has 2 heteroatoms. The topological polar surface area (TPSA) is 29.5 Å². The minimum absolute atomic E-state index is 0.237. The Bertz CT molecular complexity index is 318. The van der Waals surface area contributed by atoms with Crippen molar-refractivity contribution in [1.82, 2.24) is 0 Å². The maximum Gasteiger partial charge on any atom is 0.122 e. The minimum atomic E-state index is -0.415. The quantitative estimate of drug-likeness (QED) is 0.823. The van der Waals surface area contributed by atoms with Crippen LogP contribution in [0.2, 0.25) is 0 Å². The summed E-state index contributed by atoms with van der Waals surface area (Å²) < 4.78 is 5.75. The zero-order valence-electron chi connectivity index (χ0n) is 9.95. The fraction of sp³-hybridized carbons (Fsp3) is 0.538. The third-order valence-electron chi connectivity index (χ3n) is 2.58. The predicted molar refractivity (Wildman–Crippen MR) is 62.2 cm³/mol. The third kappa shape index (κ3) is 3.24. The fourth-order valence-electron chi connectivity index (χ4n) is 1.36. The molecular weight excluding hydrogens is 188 g/mol. The first-order chi connectivity index (χ1) is 7.04. The summed E-state index contributed by atoms with van der Waals surface area (Å²) in [6, 6.07) is 5.82. The van der Waals surface area contributed by atoms with Gasteiger partial charge in [0.05, 0.1) is 12.2 Å². The zero-order valence-corrected chi connectivity index (χ0v) is 9.95. The van der Waals surface area contributed by atoms with Crippen LogP contribution in [0.4, 0.5) is 0 Å². The molecule has 2 atom stereocenters. The summed E-state index contributed by atoms with van der Waals surface area (Å²) in [6.07, 6.45) is 0.819. The molecule has 0 saturated heterocycles. The van der Waals surface area contributed by atoms with Gasteiger partial charge in [-0.2, -0.15) is 0 Å². The van der Waals surface area contributed by atoms with E-state index in [1.807, 2.05) is 25.1 Å². The van der Waals surface area contributed by atoms with E-state index in [0.717, 1.165) is 23.3 Å². The normalized spacial score (nSPS) is 14.7. The van der Waals surface area contributed by atoms with Gasteiger partial charge in [-0.15, -0.1) is 0 Å². The van der Waals surface area contributed by atoms with Gasteiger partial charge < -0.3 is 9.84 Å². The molecule has 15 heavy (non-hydrogen) atoms. The zero-order chi connectivity index (χ0) is 11.4. The van der Waals surface area contributed by atoms with Crippen LogP contribution in [-0.2, 0) is 0 Å². The average molecular weight is 208 g/mol. The van der Waals surface area contributed by atoms with Gasteiger partial charge in [-0.05, 0) is 50.5 Å². The summed E-state index contributed by atoms with van der Waals surface area (Å²) in [7, 11) is 0. The Hall–Kier alpha value is -1.02. The molecule has 2 unspecified atom stereocenters. The van der Waals surface area contributed by atoms with Gasteiger partial charge in [0.15, 0.2) is 0 Å². The molecule has 0 spiro atoms. The predicted octanol–water partition coefficient (Wildman–Crippen LogP) is 3.23. The number of hydrogen-bond acceptors (Lipinski definition) is 2. The minimum Gasteiger partial charge on any atom is -0.490 e. The Morgan fingerprint density at radius 3 is 2.47 bits per heavy atom. The molecule has 1 N–H and O–H groups in total. The van der Waals surface area contributed by atoms with Gasteiger partial charge in [0.25, 0.3) is 0 Å². The van der Waals surface area contributed by atoms with Crippen LogP contribution in [0.5, 0.6) is 5.75 Å². The van der Waals surface area contributed by atoms with E-state index in [1.54, 1.807) is 6.92 Å². The molecule has 0 aliphatic carbocycles. The van der Waals surface area contributed by atoms with Gasteiger partial charge in [-0.3, -0.25) is 0 Å². The number of aliphatic hydroxyl groups excluding tert-OH is 1. The van der Waals surface area contributed by atoms with Crippen molar-refractivity contribution in [2.24, 2.45) is 0 Å². The first kappa shape index (κ1) is 12.1. The van der Waals surface area contributed by atoms with Crippen LogP contribution in [-0.4, -0.2) is 11.2 Å². The second-order valence-corrected chi connectivity index (χ2v) is 4.04. The highest BCUT2D eigenvalue weighted by Crippen LogP contribution is 2.23. The molecule has 1 aromatic rings. The number of aryl methyl sites for hydroxylation is 1. The highest BCUT2D eigenvalue weighted by molar-refractivity contribution is 5.37. The molecule has 0 radical (unpaired) electrons. The van der Waals surface area contributed by atoms with E-state index in [4.69, 9.17) is 4.74 Å². The van der Waals surface area contributed by atoms with Crippen molar-refractivity contribution >= 4 is 0 Å². The summed E-state index contributed by atoms with van der Waals surface area (Å²) >= 11 is 0. The van der Waals surface area contributed by atoms with Crippen molar-refractivity contribution < 1.29 is 9.84 Å². The number of benzene rings is 1. The lowest BCUT2D eigenvalue weighted by atomic mass is 10.1. The molecule has 0 aromatic heterocycles. The molecule has 0 aliphatic rings. The molecule has 84 valence electrons. The van der Waals surface area contributed by atoms with Crippen molar-refractivity contribution in [3.63, 3.8) is 0 Å². The van der Waals surface area contributed by atoms with Gasteiger partial charge in [0.1, 0.15) is 5.75 Å². The molecule has 0 fully saturated rings. The summed E-state index contributed by atoms with van der Waals surface area (Å²) in [4.78, 5) is 0. The lowest BCUT2D eigenvalue weighted by Crippen LogP contribution is -2.10. The van der Waals surface area contributed by atoms with E-state index in [2.05, 4.69) is 13.8 Å². The largest absolute Gasteiger partial charge is 0.490 e. The van der Waals surface area contributed by atoms with Crippen LogP contribution in [0.15, 0.2) is 18.2 Å². The number of hydrogen-bond donors (Lipinski definition) is 1. The molecule has 0 amide bonds. The van der Waals surface area contributed by atoms with Gasteiger partial charge in [0.2, 0.25) is 0 Å². The fourth-order valence-corrected chi connectivity index (χ4v) is 1.36. The summed E-state index contributed by atoms with van der Waals surface area (Å²) in [5, 5.41) is 9.43. The Morgan fingerprint density at radius 1 is 1.33 bits per heavy atom. The third-order valence-corrected chi connectivity index (χ3v) is 2.58. The summed E-state index contributed by atoms with van der Waals surface area (Å²) in [6.45, 7) is 7.93. The molecule has 1 aromatic carbocycles. The molecule has 0 saturated carbocycles. The van der Waals surface area contributed by atoms with Crippen LogP contribution >= 0.6 is 0 Å². The first-order valence-electron chi connectivity index (χ1n) is 5.49. The molecular formula is C13H20O2. The number of ether oxygens (including phenoxy) is 1. The van der Waals surface area contributed by atoms with Crippen LogP contribution in [0.3, 0.4) is 0 Å². The molecule has 0 bridgehead atoms. The van der Waals surface area contributed by atoms with Crippen LogP contribution in [0.25, 0.3) is 0 Å². The number of rotatable bonds is 4. The average Bonchev–Trinajstić information content (AvgIpc) is 2.20. The summed E-state index contributed by atoms with van der Waals surface area (Å²) in [5.74, 6) is 0.911. The lowest BCUT2D eigenvalue weighted by Gasteiger charge is -2.16. The van der Waals surface area contributed by atoms with Crippen molar-refractivity contribution in [2.45, 2.75) is 46.3 Å². The van der Waals surface area contributed by atoms with E-state index in [1.165, 1.54) is 0 Å². The van der Waals surface area contributed by atoms with E-state index in [9.17, 15) is 5.11 Å². The first-order valence-corrected chi connectivity index (χ1v) is 5.49. The van der Waals surface area contributed by atoms with Crippen molar-refractivity contribution in [2.75, 3.05) is 0 Å². The van der Waals surface area contributed by atoms with E-state index < -0.39 is 6.10 Å². The maximum atomic E-state index is 9.43. The van der Waals surface area contributed by atoms with Crippen molar-refractivity contribution in [1.29, 1.82) is 0 Å². The van der Waals surface area contributed by atoms with E-state index in [-0.39, 0.29) is 6.10 Å². The van der Waals surface area contributed by atoms with Gasteiger partial charge in [-0.25, -0.2) is 0 Å². The Kier molecular flexibility index (Phi) is 4.15. The Balaban J connectivity index is 2.83. The molecule has 2 nitrogen and oxygen atoms in total. The smallest absolute Gasteiger partial charge is 0.122 e. The van der Waals surface area contributed by atoms with Gasteiger partial charge >= 0.3 is 0 Å². The standard InChI is InChI=1S/C13H20O2/c1-5-10(3)15-13-7-6-12(11(4)14)8-9(13)2/h6-8,10-11,14H,5H2,1-4H3. The lowest BCUT2D eigenvalue weighted by molar-refractivity contribution is 0.198. The Labute approximate surface area is 91.9 Å². The van der Waals surface area contributed by atoms with Crippen LogP contribution in [0, 0.1) is 6.92 Å². The highest BCUT2D eigenvalue weighted by atomic mass is 16.5. The van der Waals surface area contributed by atoms with Crippen LogP contribution in [0.1, 0.15) is 44.4 Å². The molecule has 0 heterocycles. The molecule has 1 rings (SSSR count). The van der Waals surface area contributed by atoms with E-state index in [0.29, 0.717) is 0 Å². The molecule has 0 aliphatic heterocycles. The van der Waals surface area contributed by atoms with Crippen LogP contribution < -0.4 is 4.74 Å². The van der Waals surface area contributed by atoms with Crippen molar-refractivity contribution in [3.05, 3.63) is 29.3 Å². The van der Waals surface area contributed by atoms with Gasteiger partial charge in [0, 0.05) is 0 Å². The number of aliphatic hydroxyl groups is 1. The second kappa shape index (κ2) is 5.17. The Morgan fingerprint density at radius 2 is 2.00 bits per heavy atom. The van der Waals surface area contributed by atoms with Crippen molar-refractivity contribution in [3.8, 4) is 5.75 Å². The van der Waals surface area contributed by atoms with Gasteiger partial charge in [-0.1, -0.05) is 13.0 Å². The summed E-state index contributed by atoms with van der Waals surface area (Å²) in [5.41, 5.74) is 2.01. The maximum absolute atomic E-state index is 9.43. The second-order valence-electron chi connectivity index (χ2n) is 4.04.